The standard InChI is InChI=1S/C11H18N4S/c1-2-8(6-12-5-1)7-13-11-14-10(15-16-11)9-3-4-9/h8-9,12H,1-7H2,(H,13,14,15). The van der Waals surface area contributed by atoms with E-state index in [4.69, 9.17) is 0 Å². The van der Waals surface area contributed by atoms with Crippen molar-refractivity contribution in [3.05, 3.63) is 5.82 Å². The highest BCUT2D eigenvalue weighted by molar-refractivity contribution is 7.09. The Bertz CT molecular complexity index is 342. The van der Waals surface area contributed by atoms with Gasteiger partial charge in [-0.25, -0.2) is 4.98 Å². The van der Waals surface area contributed by atoms with Gasteiger partial charge in [-0.15, -0.1) is 0 Å². The summed E-state index contributed by atoms with van der Waals surface area (Å²) in [7, 11) is 0. The first kappa shape index (κ1) is 10.5. The molecular weight excluding hydrogens is 220 g/mol. The maximum absolute atomic E-state index is 4.53. The van der Waals surface area contributed by atoms with E-state index in [1.54, 1.807) is 0 Å². The molecule has 1 atom stereocenters. The van der Waals surface area contributed by atoms with Crippen LogP contribution in [0.2, 0.25) is 0 Å². The highest BCUT2D eigenvalue weighted by atomic mass is 32.1. The van der Waals surface area contributed by atoms with Crippen LogP contribution in [0.15, 0.2) is 0 Å². The average Bonchev–Trinajstić information content (AvgIpc) is 3.08. The molecule has 1 aliphatic heterocycles. The molecule has 1 saturated heterocycles. The predicted molar refractivity (Wildman–Crippen MR) is 66.0 cm³/mol. The molecule has 5 heteroatoms. The maximum Gasteiger partial charge on any atom is 0.202 e. The molecule has 2 aliphatic rings. The molecule has 0 aromatic carbocycles. The zero-order chi connectivity index (χ0) is 10.8. The molecule has 2 fully saturated rings. The number of nitrogens with one attached hydrogen (secondary N) is 2. The van der Waals surface area contributed by atoms with Crippen LogP contribution in [0.25, 0.3) is 0 Å². The van der Waals surface area contributed by atoms with E-state index in [0.29, 0.717) is 5.92 Å². The second-order valence-corrected chi connectivity index (χ2v) is 5.58. The fourth-order valence-corrected chi connectivity index (χ4v) is 2.80. The van der Waals surface area contributed by atoms with Crippen LogP contribution >= 0.6 is 11.5 Å². The average molecular weight is 238 g/mol. The second kappa shape index (κ2) is 4.67. The first-order valence-corrected chi connectivity index (χ1v) is 6.97. The Morgan fingerprint density at radius 3 is 3.06 bits per heavy atom. The van der Waals surface area contributed by atoms with Crippen molar-refractivity contribution in [3.8, 4) is 0 Å². The first-order chi connectivity index (χ1) is 7.92. The van der Waals surface area contributed by atoms with Crippen molar-refractivity contribution in [3.63, 3.8) is 0 Å². The van der Waals surface area contributed by atoms with Gasteiger partial charge in [0.15, 0.2) is 0 Å². The molecular formula is C11H18N4S. The molecule has 0 amide bonds. The van der Waals surface area contributed by atoms with E-state index in [-0.39, 0.29) is 0 Å². The van der Waals surface area contributed by atoms with Crippen LogP contribution in [0.3, 0.4) is 0 Å². The Hall–Kier alpha value is -0.680. The molecule has 1 aromatic heterocycles. The monoisotopic (exact) mass is 238 g/mol. The summed E-state index contributed by atoms with van der Waals surface area (Å²) in [6.07, 6.45) is 5.19. The lowest BCUT2D eigenvalue weighted by Crippen LogP contribution is -2.33. The third kappa shape index (κ3) is 2.52. The quantitative estimate of drug-likeness (QED) is 0.840. The van der Waals surface area contributed by atoms with Gasteiger partial charge in [-0.2, -0.15) is 4.37 Å². The van der Waals surface area contributed by atoms with Gasteiger partial charge in [-0.05, 0) is 44.7 Å². The molecule has 88 valence electrons. The highest BCUT2D eigenvalue weighted by Gasteiger charge is 2.27. The minimum absolute atomic E-state index is 0.670. The Morgan fingerprint density at radius 1 is 1.38 bits per heavy atom. The summed E-state index contributed by atoms with van der Waals surface area (Å²) >= 11 is 1.51. The maximum atomic E-state index is 4.53. The molecule has 0 spiro atoms. The Labute approximate surface area is 100 Å². The van der Waals surface area contributed by atoms with Crippen LogP contribution in [0.4, 0.5) is 5.13 Å². The van der Waals surface area contributed by atoms with Crippen LogP contribution in [0, 0.1) is 5.92 Å². The number of nitrogens with zero attached hydrogens (tertiary/aromatic N) is 2. The van der Waals surface area contributed by atoms with E-state index < -0.39 is 0 Å². The van der Waals surface area contributed by atoms with Crippen LogP contribution in [-0.4, -0.2) is 29.0 Å². The number of rotatable bonds is 4. The summed E-state index contributed by atoms with van der Waals surface area (Å²) in [5, 5.41) is 7.86. The summed E-state index contributed by atoms with van der Waals surface area (Å²) in [6.45, 7) is 3.36. The molecule has 1 aliphatic carbocycles. The van der Waals surface area contributed by atoms with E-state index >= 15 is 0 Å². The van der Waals surface area contributed by atoms with E-state index in [2.05, 4.69) is 20.0 Å². The molecule has 2 heterocycles. The van der Waals surface area contributed by atoms with Gasteiger partial charge in [0, 0.05) is 24.0 Å². The third-order valence-electron chi connectivity index (χ3n) is 3.33. The van der Waals surface area contributed by atoms with Gasteiger partial charge >= 0.3 is 0 Å². The normalized spacial score (nSPS) is 25.6. The highest BCUT2D eigenvalue weighted by Crippen LogP contribution is 2.39. The molecule has 0 bridgehead atoms. The summed E-state index contributed by atoms with van der Waals surface area (Å²) in [5.74, 6) is 2.49. The van der Waals surface area contributed by atoms with E-state index in [1.807, 2.05) is 0 Å². The molecule has 2 N–H and O–H groups in total. The van der Waals surface area contributed by atoms with Crippen molar-refractivity contribution in [2.75, 3.05) is 25.0 Å². The van der Waals surface area contributed by atoms with Crippen LogP contribution in [-0.2, 0) is 0 Å². The van der Waals surface area contributed by atoms with Crippen molar-refractivity contribution in [2.45, 2.75) is 31.6 Å². The van der Waals surface area contributed by atoms with Gasteiger partial charge in [0.25, 0.3) is 0 Å². The number of aromatic nitrogens is 2. The minimum Gasteiger partial charge on any atom is -0.360 e. The molecule has 1 unspecified atom stereocenters. The van der Waals surface area contributed by atoms with Gasteiger partial charge < -0.3 is 10.6 Å². The Kier molecular flexibility index (Phi) is 3.06. The number of piperidine rings is 1. The zero-order valence-electron chi connectivity index (χ0n) is 9.41. The molecule has 4 nitrogen and oxygen atoms in total. The van der Waals surface area contributed by atoms with Crippen molar-refractivity contribution >= 4 is 16.7 Å². The largest absolute Gasteiger partial charge is 0.360 e. The fraction of sp³-hybridized carbons (Fsp3) is 0.818. The smallest absolute Gasteiger partial charge is 0.202 e. The van der Waals surface area contributed by atoms with Gasteiger partial charge in [0.1, 0.15) is 5.82 Å². The van der Waals surface area contributed by atoms with E-state index in [0.717, 1.165) is 30.0 Å². The SMILES string of the molecule is C1CNCC(CNc2nc(C3CC3)ns2)C1. The van der Waals surface area contributed by atoms with Gasteiger partial charge in [-0.3, -0.25) is 0 Å². The lowest BCUT2D eigenvalue weighted by Gasteiger charge is -2.22. The first-order valence-electron chi connectivity index (χ1n) is 6.20. The van der Waals surface area contributed by atoms with Crippen LogP contribution in [0.5, 0.6) is 0 Å². The zero-order valence-corrected chi connectivity index (χ0v) is 10.2. The molecule has 1 saturated carbocycles. The predicted octanol–water partition coefficient (Wildman–Crippen LogP) is 1.83. The third-order valence-corrected chi connectivity index (χ3v) is 4.01. The summed E-state index contributed by atoms with van der Waals surface area (Å²) in [6, 6.07) is 0. The Balaban J connectivity index is 1.49. The summed E-state index contributed by atoms with van der Waals surface area (Å²) in [5.41, 5.74) is 0. The topological polar surface area (TPSA) is 49.8 Å². The lowest BCUT2D eigenvalue weighted by molar-refractivity contribution is 0.393. The summed E-state index contributed by atoms with van der Waals surface area (Å²) < 4.78 is 4.39. The summed E-state index contributed by atoms with van der Waals surface area (Å²) in [4.78, 5) is 4.53. The fourth-order valence-electron chi connectivity index (χ4n) is 2.14. The molecule has 16 heavy (non-hydrogen) atoms. The van der Waals surface area contributed by atoms with Crippen molar-refractivity contribution in [2.24, 2.45) is 5.92 Å². The van der Waals surface area contributed by atoms with Gasteiger partial charge in [-0.1, -0.05) is 0 Å². The molecule has 1 aromatic rings. The minimum atomic E-state index is 0.670. The second-order valence-electron chi connectivity index (χ2n) is 4.83. The Morgan fingerprint density at radius 2 is 2.31 bits per heavy atom. The van der Waals surface area contributed by atoms with Crippen molar-refractivity contribution < 1.29 is 0 Å². The van der Waals surface area contributed by atoms with E-state index in [9.17, 15) is 0 Å². The number of anilines is 1. The number of hydrogen-bond acceptors (Lipinski definition) is 5. The molecule has 3 rings (SSSR count). The lowest BCUT2D eigenvalue weighted by atomic mass is 10.00. The van der Waals surface area contributed by atoms with Crippen LogP contribution < -0.4 is 10.6 Å². The van der Waals surface area contributed by atoms with Gasteiger partial charge in [0.05, 0.1) is 0 Å². The van der Waals surface area contributed by atoms with Crippen molar-refractivity contribution in [1.82, 2.24) is 14.7 Å². The number of hydrogen-bond donors (Lipinski definition) is 2. The van der Waals surface area contributed by atoms with Crippen molar-refractivity contribution in [1.29, 1.82) is 0 Å². The van der Waals surface area contributed by atoms with Crippen LogP contribution in [0.1, 0.15) is 37.4 Å². The van der Waals surface area contributed by atoms with Gasteiger partial charge in [0.2, 0.25) is 5.13 Å². The molecule has 0 radical (unpaired) electrons. The van der Waals surface area contributed by atoms with E-state index in [1.165, 1.54) is 43.8 Å².